The van der Waals surface area contributed by atoms with E-state index < -0.39 is 0 Å². The van der Waals surface area contributed by atoms with E-state index in [0.717, 1.165) is 10.0 Å². The van der Waals surface area contributed by atoms with Gasteiger partial charge >= 0.3 is 0 Å². The SMILES string of the molecule is Cc1ccccc1C(=O)NCc1nn(CC(=O)Nc2ccc(Br)cc2)c(=S)n1C. The Kier molecular flexibility index (Phi) is 6.60. The fourth-order valence-electron chi connectivity index (χ4n) is 2.74. The van der Waals surface area contributed by atoms with Crippen molar-refractivity contribution < 1.29 is 9.59 Å². The number of nitrogens with zero attached hydrogens (tertiary/aromatic N) is 3. The summed E-state index contributed by atoms with van der Waals surface area (Å²) >= 11 is 8.73. The molecule has 0 saturated carbocycles. The molecule has 0 spiro atoms. The van der Waals surface area contributed by atoms with Crippen LogP contribution in [0.4, 0.5) is 5.69 Å². The molecule has 0 radical (unpaired) electrons. The molecule has 0 saturated heterocycles. The minimum atomic E-state index is -0.239. The molecule has 29 heavy (non-hydrogen) atoms. The lowest BCUT2D eigenvalue weighted by atomic mass is 10.1. The van der Waals surface area contributed by atoms with Crippen LogP contribution in [0.2, 0.25) is 0 Å². The molecule has 1 aromatic heterocycles. The summed E-state index contributed by atoms with van der Waals surface area (Å²) in [6.07, 6.45) is 0. The smallest absolute Gasteiger partial charge is 0.251 e. The molecule has 150 valence electrons. The Morgan fingerprint density at radius 1 is 1.14 bits per heavy atom. The molecule has 1 heterocycles. The van der Waals surface area contributed by atoms with E-state index in [1.165, 1.54) is 4.68 Å². The van der Waals surface area contributed by atoms with Gasteiger partial charge in [0.2, 0.25) is 5.91 Å². The monoisotopic (exact) mass is 473 g/mol. The van der Waals surface area contributed by atoms with Crippen molar-refractivity contribution in [3.8, 4) is 0 Å². The summed E-state index contributed by atoms with van der Waals surface area (Å²) in [6, 6.07) is 14.6. The molecule has 2 aromatic carbocycles. The molecule has 3 rings (SSSR count). The molecule has 0 aliphatic carbocycles. The molecular weight excluding hydrogens is 454 g/mol. The van der Waals surface area contributed by atoms with Gasteiger partial charge in [-0.05, 0) is 55.0 Å². The Hall–Kier alpha value is -2.78. The number of amides is 2. The van der Waals surface area contributed by atoms with E-state index in [0.29, 0.717) is 21.8 Å². The summed E-state index contributed by atoms with van der Waals surface area (Å²) in [5.74, 6) is 0.141. The number of hydrogen-bond donors (Lipinski definition) is 2. The molecule has 0 fully saturated rings. The van der Waals surface area contributed by atoms with Crippen LogP contribution in [0.25, 0.3) is 0 Å². The molecule has 3 aromatic rings. The second-order valence-corrected chi connectivity index (χ2v) is 7.75. The van der Waals surface area contributed by atoms with Crippen molar-refractivity contribution in [1.82, 2.24) is 19.7 Å². The van der Waals surface area contributed by atoms with Crippen LogP contribution in [-0.2, 0) is 24.9 Å². The average molecular weight is 474 g/mol. The number of aryl methyl sites for hydroxylation is 1. The number of hydrogen-bond acceptors (Lipinski definition) is 4. The van der Waals surface area contributed by atoms with E-state index >= 15 is 0 Å². The van der Waals surface area contributed by atoms with Gasteiger partial charge in [-0.25, -0.2) is 4.68 Å². The highest BCUT2D eigenvalue weighted by molar-refractivity contribution is 9.10. The first-order chi connectivity index (χ1) is 13.8. The first-order valence-electron chi connectivity index (χ1n) is 8.87. The second-order valence-electron chi connectivity index (χ2n) is 6.47. The lowest BCUT2D eigenvalue weighted by Gasteiger charge is -2.07. The van der Waals surface area contributed by atoms with Gasteiger partial charge in [-0.3, -0.25) is 9.59 Å². The van der Waals surface area contributed by atoms with Gasteiger partial charge in [0.25, 0.3) is 5.91 Å². The first-order valence-corrected chi connectivity index (χ1v) is 10.1. The zero-order chi connectivity index (χ0) is 21.0. The fraction of sp³-hybridized carbons (Fsp3) is 0.200. The second kappa shape index (κ2) is 9.15. The van der Waals surface area contributed by atoms with Crippen molar-refractivity contribution in [1.29, 1.82) is 0 Å². The lowest BCUT2D eigenvalue weighted by Crippen LogP contribution is -2.25. The van der Waals surface area contributed by atoms with Gasteiger partial charge in [-0.2, -0.15) is 5.10 Å². The quantitative estimate of drug-likeness (QED) is 0.536. The van der Waals surface area contributed by atoms with Gasteiger partial charge in [0.05, 0.1) is 6.54 Å². The maximum absolute atomic E-state index is 12.4. The van der Waals surface area contributed by atoms with Crippen LogP contribution in [0.5, 0.6) is 0 Å². The zero-order valence-corrected chi connectivity index (χ0v) is 18.4. The van der Waals surface area contributed by atoms with Crippen LogP contribution in [0, 0.1) is 11.7 Å². The Morgan fingerprint density at radius 3 is 2.52 bits per heavy atom. The number of halogens is 1. The maximum atomic E-state index is 12.4. The number of aromatic nitrogens is 3. The van der Waals surface area contributed by atoms with Crippen molar-refractivity contribution in [3.05, 3.63) is 74.7 Å². The molecule has 0 bridgehead atoms. The van der Waals surface area contributed by atoms with E-state index in [1.807, 2.05) is 37.3 Å². The van der Waals surface area contributed by atoms with Gasteiger partial charge < -0.3 is 15.2 Å². The largest absolute Gasteiger partial charge is 0.345 e. The fourth-order valence-corrected chi connectivity index (χ4v) is 3.22. The normalized spacial score (nSPS) is 10.6. The van der Waals surface area contributed by atoms with E-state index in [-0.39, 0.29) is 24.9 Å². The average Bonchev–Trinajstić information content (AvgIpc) is 2.96. The van der Waals surface area contributed by atoms with Gasteiger partial charge in [-0.1, -0.05) is 34.1 Å². The number of benzene rings is 2. The third-order valence-corrected chi connectivity index (χ3v) is 5.36. The first kappa shape index (κ1) is 20.9. The predicted octanol–water partition coefficient (Wildman–Crippen LogP) is 3.59. The van der Waals surface area contributed by atoms with Gasteiger partial charge in [0.1, 0.15) is 6.54 Å². The molecular formula is C20H20BrN5O2S. The standard InChI is InChI=1S/C20H20BrN5O2S/c1-13-5-3-4-6-16(13)19(28)22-11-17-24-26(20(29)25(17)2)12-18(27)23-15-9-7-14(21)8-10-15/h3-10H,11-12H2,1-2H3,(H,22,28)(H,23,27). The maximum Gasteiger partial charge on any atom is 0.251 e. The van der Waals surface area contributed by atoms with Crippen LogP contribution in [0.15, 0.2) is 53.0 Å². The lowest BCUT2D eigenvalue weighted by molar-refractivity contribution is -0.116. The zero-order valence-electron chi connectivity index (χ0n) is 16.0. The highest BCUT2D eigenvalue weighted by atomic mass is 79.9. The number of anilines is 1. The van der Waals surface area contributed by atoms with Crippen LogP contribution in [0.3, 0.4) is 0 Å². The molecule has 2 amide bonds. The van der Waals surface area contributed by atoms with E-state index in [9.17, 15) is 9.59 Å². The van der Waals surface area contributed by atoms with E-state index in [1.54, 1.807) is 29.8 Å². The number of carbonyl (C=O) groups is 2. The van der Waals surface area contributed by atoms with Crippen molar-refractivity contribution in [2.45, 2.75) is 20.0 Å². The summed E-state index contributed by atoms with van der Waals surface area (Å²) in [7, 11) is 1.76. The summed E-state index contributed by atoms with van der Waals surface area (Å²) in [6.45, 7) is 2.07. The van der Waals surface area contributed by atoms with Crippen molar-refractivity contribution in [3.63, 3.8) is 0 Å². The summed E-state index contributed by atoms with van der Waals surface area (Å²) in [5.41, 5.74) is 2.20. The third-order valence-electron chi connectivity index (χ3n) is 4.35. The third kappa shape index (κ3) is 5.18. The van der Waals surface area contributed by atoms with E-state index in [2.05, 4.69) is 31.7 Å². The number of carbonyl (C=O) groups excluding carboxylic acids is 2. The minimum Gasteiger partial charge on any atom is -0.345 e. The highest BCUT2D eigenvalue weighted by Crippen LogP contribution is 2.14. The Morgan fingerprint density at radius 2 is 1.83 bits per heavy atom. The van der Waals surface area contributed by atoms with Crippen LogP contribution in [-0.4, -0.2) is 26.2 Å². The van der Waals surface area contributed by atoms with E-state index in [4.69, 9.17) is 12.2 Å². The molecule has 7 nitrogen and oxygen atoms in total. The van der Waals surface area contributed by atoms with Crippen LogP contribution < -0.4 is 10.6 Å². The minimum absolute atomic E-state index is 0.0194. The summed E-state index contributed by atoms with van der Waals surface area (Å²) in [4.78, 5) is 24.7. The molecule has 0 aliphatic heterocycles. The number of nitrogens with one attached hydrogen (secondary N) is 2. The molecule has 0 aliphatic rings. The van der Waals surface area contributed by atoms with Gasteiger partial charge in [0, 0.05) is 22.8 Å². The van der Waals surface area contributed by atoms with Gasteiger partial charge in [-0.15, -0.1) is 0 Å². The summed E-state index contributed by atoms with van der Waals surface area (Å²) in [5, 5.41) is 10.0. The Labute approximate surface area is 181 Å². The summed E-state index contributed by atoms with van der Waals surface area (Å²) < 4.78 is 4.45. The Balaban J connectivity index is 1.65. The van der Waals surface area contributed by atoms with Crippen molar-refractivity contribution in [2.75, 3.05) is 5.32 Å². The molecule has 0 atom stereocenters. The number of rotatable bonds is 6. The molecule has 0 unspecified atom stereocenters. The van der Waals surface area contributed by atoms with Crippen molar-refractivity contribution >= 4 is 45.6 Å². The van der Waals surface area contributed by atoms with Crippen molar-refractivity contribution in [2.24, 2.45) is 7.05 Å². The highest BCUT2D eigenvalue weighted by Gasteiger charge is 2.13. The Bertz CT molecular complexity index is 1100. The van der Waals surface area contributed by atoms with Gasteiger partial charge in [0.15, 0.2) is 10.6 Å². The topological polar surface area (TPSA) is 80.9 Å². The predicted molar refractivity (Wildman–Crippen MR) is 117 cm³/mol. The molecule has 2 N–H and O–H groups in total. The van der Waals surface area contributed by atoms with Crippen LogP contribution in [0.1, 0.15) is 21.7 Å². The van der Waals surface area contributed by atoms with Crippen LogP contribution >= 0.6 is 28.1 Å². The molecule has 9 heteroatoms.